The van der Waals surface area contributed by atoms with Crippen LogP contribution in [0.3, 0.4) is 0 Å². The summed E-state index contributed by atoms with van der Waals surface area (Å²) < 4.78 is 135. The first-order valence-electron chi connectivity index (χ1n) is 21.6. The number of nitrogens with one attached hydrogen (secondary N) is 1. The predicted octanol–water partition coefficient (Wildman–Crippen LogP) is 9.08. The van der Waals surface area contributed by atoms with Crippen molar-refractivity contribution in [3.63, 3.8) is 0 Å². The fourth-order valence-electron chi connectivity index (χ4n) is 7.13. The number of hydrogen-bond donors (Lipinski definition) is 1. The van der Waals surface area contributed by atoms with Gasteiger partial charge in [-0.2, -0.15) is 39.5 Å². The first-order valence-corrected chi connectivity index (χ1v) is 22.6. The maximum Gasteiger partial charge on any atom is 0.446 e. The number of amides is 3. The van der Waals surface area contributed by atoms with E-state index in [0.717, 1.165) is 56.5 Å². The molecule has 0 aliphatic carbocycles. The number of piperidine rings is 2. The van der Waals surface area contributed by atoms with Crippen LogP contribution in [-0.4, -0.2) is 147 Å². The average molecular weight is 1040 g/mol. The number of halogens is 11. The zero-order valence-corrected chi connectivity index (χ0v) is 39.2. The number of benzene rings is 2. The molecular weight excluding hydrogens is 982 g/mol. The molecule has 4 saturated heterocycles. The van der Waals surface area contributed by atoms with Crippen LogP contribution in [0.1, 0.15) is 65.0 Å². The summed E-state index contributed by atoms with van der Waals surface area (Å²) >= 11 is 9.53. The quantitative estimate of drug-likeness (QED) is 0.155. The number of carbonyl (C=O) groups is 4. The molecule has 0 spiro atoms. The minimum absolute atomic E-state index is 0. The highest BCUT2D eigenvalue weighted by atomic mass is 35.5. The number of rotatable bonds is 8. The molecule has 4 fully saturated rings. The summed E-state index contributed by atoms with van der Waals surface area (Å²) in [6.07, 6.45) is -12.6. The summed E-state index contributed by atoms with van der Waals surface area (Å²) in [5.74, 6) is 0.789. The van der Waals surface area contributed by atoms with Crippen molar-refractivity contribution < 1.29 is 82.4 Å². The van der Waals surface area contributed by atoms with Gasteiger partial charge in [0.15, 0.2) is 6.10 Å². The number of ether oxygens (including phenoxy) is 5. The lowest BCUT2D eigenvalue weighted by Crippen LogP contribution is -2.55. The normalized spacial score (nSPS) is 21.0. The molecule has 0 saturated carbocycles. The maximum absolute atomic E-state index is 13.0. The van der Waals surface area contributed by atoms with Gasteiger partial charge in [-0.3, -0.25) is 14.4 Å². The fourth-order valence-corrected chi connectivity index (χ4v) is 7.13. The van der Waals surface area contributed by atoms with Crippen LogP contribution in [0.15, 0.2) is 48.5 Å². The largest absolute Gasteiger partial charge is 0.493 e. The molecule has 0 aromatic heterocycles. The van der Waals surface area contributed by atoms with Crippen LogP contribution in [0, 0.1) is 11.8 Å². The number of alkyl halides is 11. The number of nitrogens with zero attached hydrogens (tertiary/aromatic N) is 3. The molecule has 0 radical (unpaired) electrons. The Morgan fingerprint density at radius 3 is 1.48 bits per heavy atom. The van der Waals surface area contributed by atoms with Crippen molar-refractivity contribution in [2.75, 3.05) is 84.1 Å². The Kier molecular flexibility index (Phi) is 25.2. The highest BCUT2D eigenvalue weighted by Crippen LogP contribution is 2.32. The third-order valence-corrected chi connectivity index (χ3v) is 10.3. The standard InChI is InChI=1S/C23H31F3N2O5.C18H23F3N2O3.C2HF3O.CH2Cl2.CH4/c1-22(2,3)33-21(30)28-11-12-31-19(14-28)20(29)27-10-4-5-16(13-27)15-32-18-8-6-17(7-9-18)23(24,25)26;19-18(20,21)14-3-5-15(6-4-14)26-12-13-2-1-8-23(11-13)17(24)16-10-22-7-9-25-16;3-2(4,5)1-6;2-1-3;/h6-9,16,19H,4-5,10-15H2,1-3H3;3-6,13,16,22H,1-2,7-12H2;1H;1H2;1H4. The van der Waals surface area contributed by atoms with Gasteiger partial charge in [0.1, 0.15) is 23.2 Å². The Bertz CT molecular complexity index is 1850. The van der Waals surface area contributed by atoms with Crippen molar-refractivity contribution in [3.05, 3.63) is 59.7 Å². The summed E-state index contributed by atoms with van der Waals surface area (Å²) in [6, 6.07) is 9.27. The van der Waals surface area contributed by atoms with Gasteiger partial charge in [0.2, 0.25) is 6.29 Å². The van der Waals surface area contributed by atoms with E-state index < -0.39 is 59.8 Å². The molecule has 392 valence electrons. The van der Waals surface area contributed by atoms with E-state index in [2.05, 4.69) is 5.32 Å². The molecule has 1 N–H and O–H groups in total. The summed E-state index contributed by atoms with van der Waals surface area (Å²) in [7, 11) is 0. The second kappa shape index (κ2) is 28.6. The molecule has 6 rings (SSSR count). The number of aldehydes is 1. The zero-order chi connectivity index (χ0) is 50.7. The van der Waals surface area contributed by atoms with Crippen molar-refractivity contribution in [3.8, 4) is 11.5 Å². The summed E-state index contributed by atoms with van der Waals surface area (Å²) in [5, 5.41) is 3.34. The van der Waals surface area contributed by atoms with Gasteiger partial charge >= 0.3 is 24.6 Å². The van der Waals surface area contributed by atoms with E-state index in [1.165, 1.54) is 29.2 Å². The van der Waals surface area contributed by atoms with Crippen LogP contribution in [0.5, 0.6) is 11.5 Å². The SMILES string of the molecule is C.CC(C)(C)OC(=O)N1CCOC(C(=O)N2CCCC(COc3ccc(C(F)(F)F)cc3)C2)C1.ClCCl.O=C(C1CNCCO1)N1CCCC(COc2ccc(C(F)(F)F)cc2)C1.O=CC(F)(F)F. The van der Waals surface area contributed by atoms with Crippen LogP contribution in [0.4, 0.5) is 44.3 Å². The van der Waals surface area contributed by atoms with Gasteiger partial charge in [0.05, 0.1) is 49.4 Å². The van der Waals surface area contributed by atoms with Crippen molar-refractivity contribution in [2.45, 2.75) is 90.2 Å². The van der Waals surface area contributed by atoms with Crippen LogP contribution >= 0.6 is 23.2 Å². The Hall–Kier alpha value is -4.25. The Labute approximate surface area is 406 Å². The minimum Gasteiger partial charge on any atom is -0.493 e. The molecular formula is C45H61Cl2F9N4O9. The zero-order valence-electron chi connectivity index (χ0n) is 37.7. The third kappa shape index (κ3) is 22.6. The van der Waals surface area contributed by atoms with Crippen LogP contribution in [0.2, 0.25) is 0 Å². The number of hydrogen-bond acceptors (Lipinski definition) is 10. The predicted molar refractivity (Wildman–Crippen MR) is 238 cm³/mol. The van der Waals surface area contributed by atoms with Crippen molar-refractivity contribution in [1.29, 1.82) is 0 Å². The van der Waals surface area contributed by atoms with E-state index in [1.54, 1.807) is 25.7 Å². The van der Waals surface area contributed by atoms with Gasteiger partial charge in [-0.05, 0) is 95.0 Å². The van der Waals surface area contributed by atoms with Gasteiger partial charge in [0, 0.05) is 57.6 Å². The minimum atomic E-state index is -4.64. The molecule has 69 heavy (non-hydrogen) atoms. The van der Waals surface area contributed by atoms with E-state index in [4.69, 9.17) is 51.7 Å². The van der Waals surface area contributed by atoms with Gasteiger partial charge in [0.25, 0.3) is 11.8 Å². The molecule has 2 aromatic rings. The number of carbonyl (C=O) groups excluding carboxylic acids is 4. The molecule has 24 heteroatoms. The van der Waals surface area contributed by atoms with Crippen LogP contribution in [-0.2, 0) is 40.9 Å². The molecule has 3 amide bonds. The summed E-state index contributed by atoms with van der Waals surface area (Å²) in [5.41, 5.74) is -2.04. The Morgan fingerprint density at radius 1 is 0.681 bits per heavy atom. The molecule has 2 aromatic carbocycles. The lowest BCUT2D eigenvalue weighted by Gasteiger charge is -2.38. The molecule has 13 nitrogen and oxygen atoms in total. The van der Waals surface area contributed by atoms with Crippen LogP contribution < -0.4 is 14.8 Å². The smallest absolute Gasteiger partial charge is 0.446 e. The molecule has 4 atom stereocenters. The van der Waals surface area contributed by atoms with E-state index >= 15 is 0 Å². The van der Waals surface area contributed by atoms with Gasteiger partial charge in [-0.1, -0.05) is 7.43 Å². The first-order chi connectivity index (χ1) is 31.8. The summed E-state index contributed by atoms with van der Waals surface area (Å²) in [4.78, 5) is 51.6. The first kappa shape index (κ1) is 60.9. The Morgan fingerprint density at radius 2 is 1.10 bits per heavy atom. The van der Waals surface area contributed by atoms with Crippen molar-refractivity contribution in [1.82, 2.24) is 20.0 Å². The van der Waals surface area contributed by atoms with Gasteiger partial charge in [-0.15, -0.1) is 23.2 Å². The van der Waals surface area contributed by atoms with E-state index in [9.17, 15) is 53.9 Å². The average Bonchev–Trinajstić information content (AvgIpc) is 3.30. The van der Waals surface area contributed by atoms with E-state index in [1.807, 2.05) is 4.90 Å². The van der Waals surface area contributed by atoms with Crippen LogP contribution in [0.25, 0.3) is 0 Å². The van der Waals surface area contributed by atoms with Crippen molar-refractivity contribution in [2.24, 2.45) is 11.8 Å². The lowest BCUT2D eigenvalue weighted by molar-refractivity contribution is -0.156. The monoisotopic (exact) mass is 1040 g/mol. The molecule has 4 heterocycles. The van der Waals surface area contributed by atoms with Gasteiger partial charge in [-0.25, -0.2) is 4.79 Å². The second-order valence-corrected chi connectivity index (χ2v) is 17.7. The highest BCUT2D eigenvalue weighted by Gasteiger charge is 2.37. The fraction of sp³-hybridized carbons (Fsp3) is 0.644. The third-order valence-electron chi connectivity index (χ3n) is 10.3. The molecule has 0 bridgehead atoms. The lowest BCUT2D eigenvalue weighted by atomic mass is 9.98. The summed E-state index contributed by atoms with van der Waals surface area (Å²) in [6.45, 7) is 10.9. The maximum atomic E-state index is 13.0. The number of likely N-dealkylation sites (tertiary alicyclic amines) is 2. The number of morpholine rings is 2. The topological polar surface area (TPSA) is 136 Å². The molecule has 4 aliphatic rings. The van der Waals surface area contributed by atoms with E-state index in [-0.39, 0.29) is 49.6 Å². The molecule has 4 aliphatic heterocycles. The Balaban J connectivity index is 0.000000404. The van der Waals surface area contributed by atoms with E-state index in [0.29, 0.717) is 70.6 Å². The second-order valence-electron chi connectivity index (χ2n) is 16.9. The molecule has 4 unspecified atom stereocenters. The van der Waals surface area contributed by atoms with Crippen molar-refractivity contribution >= 4 is 47.4 Å². The highest BCUT2D eigenvalue weighted by molar-refractivity contribution is 6.40. The van der Waals surface area contributed by atoms with Gasteiger partial charge < -0.3 is 43.7 Å².